The maximum absolute atomic E-state index is 12.9. The summed E-state index contributed by atoms with van der Waals surface area (Å²) < 4.78 is 18.2. The molecule has 2 rings (SSSR count). The number of hydrogen-bond donors (Lipinski definition) is 2. The molecule has 1 heterocycles. The van der Waals surface area contributed by atoms with Gasteiger partial charge >= 0.3 is 0 Å². The molecule has 0 amide bonds. The largest absolute Gasteiger partial charge is 0.379 e. The summed E-state index contributed by atoms with van der Waals surface area (Å²) in [4.78, 5) is 6.96. The number of hydrogen-bond acceptors (Lipinski definition) is 3. The summed E-state index contributed by atoms with van der Waals surface area (Å²) in [7, 11) is 0. The van der Waals surface area contributed by atoms with Crippen LogP contribution in [0.3, 0.4) is 0 Å². The van der Waals surface area contributed by atoms with Gasteiger partial charge in [0.1, 0.15) is 5.82 Å². The van der Waals surface area contributed by atoms with Gasteiger partial charge in [-0.15, -0.1) is 0 Å². The molecule has 0 aliphatic carbocycles. The van der Waals surface area contributed by atoms with Gasteiger partial charge in [-0.25, -0.2) is 9.38 Å². The predicted octanol–water partition coefficient (Wildman–Crippen LogP) is 1.60. The van der Waals surface area contributed by atoms with Gasteiger partial charge in [-0.05, 0) is 37.6 Å². The first-order valence-corrected chi connectivity index (χ1v) is 8.34. The molecule has 0 aromatic heterocycles. The summed E-state index contributed by atoms with van der Waals surface area (Å²) in [6, 6.07) is 6.46. The molecule has 1 saturated heterocycles. The SMILES string of the molecule is CCNC(=NCc1ccc(F)cc1)NCCCN1CCOCC1. The van der Waals surface area contributed by atoms with E-state index in [9.17, 15) is 4.39 Å². The first-order valence-electron chi connectivity index (χ1n) is 8.34. The molecule has 1 aromatic carbocycles. The molecule has 0 spiro atoms. The van der Waals surface area contributed by atoms with E-state index >= 15 is 0 Å². The van der Waals surface area contributed by atoms with Gasteiger partial charge in [0.25, 0.3) is 0 Å². The Bertz CT molecular complexity index is 472. The van der Waals surface area contributed by atoms with E-state index in [1.165, 1.54) is 12.1 Å². The molecule has 1 fully saturated rings. The van der Waals surface area contributed by atoms with Crippen molar-refractivity contribution in [2.24, 2.45) is 4.99 Å². The second kappa shape index (κ2) is 10.2. The molecular formula is C17H27FN4O. The van der Waals surface area contributed by atoms with Crippen molar-refractivity contribution >= 4 is 5.96 Å². The Labute approximate surface area is 137 Å². The first-order chi connectivity index (χ1) is 11.3. The zero-order chi connectivity index (χ0) is 16.3. The number of nitrogens with one attached hydrogen (secondary N) is 2. The highest BCUT2D eigenvalue weighted by molar-refractivity contribution is 5.79. The highest BCUT2D eigenvalue weighted by Crippen LogP contribution is 2.04. The van der Waals surface area contributed by atoms with Crippen molar-refractivity contribution in [2.45, 2.75) is 19.9 Å². The van der Waals surface area contributed by atoms with Crippen molar-refractivity contribution in [1.29, 1.82) is 0 Å². The van der Waals surface area contributed by atoms with Crippen LogP contribution < -0.4 is 10.6 Å². The third-order valence-electron chi connectivity index (χ3n) is 3.72. The topological polar surface area (TPSA) is 48.9 Å². The summed E-state index contributed by atoms with van der Waals surface area (Å²) >= 11 is 0. The highest BCUT2D eigenvalue weighted by Gasteiger charge is 2.09. The van der Waals surface area contributed by atoms with Gasteiger partial charge in [-0.3, -0.25) is 4.90 Å². The molecule has 5 nitrogen and oxygen atoms in total. The van der Waals surface area contributed by atoms with Crippen LogP contribution in [0.15, 0.2) is 29.3 Å². The Balaban J connectivity index is 1.71. The summed E-state index contributed by atoms with van der Waals surface area (Å²) in [6.07, 6.45) is 1.07. The van der Waals surface area contributed by atoms with Gasteiger partial charge < -0.3 is 15.4 Å². The second-order valence-electron chi connectivity index (χ2n) is 5.56. The molecule has 1 aliphatic heterocycles. The molecule has 23 heavy (non-hydrogen) atoms. The van der Waals surface area contributed by atoms with Crippen LogP contribution in [0.4, 0.5) is 4.39 Å². The number of aliphatic imine (C=N–C) groups is 1. The number of halogens is 1. The van der Waals surface area contributed by atoms with Crippen molar-refractivity contribution in [2.75, 3.05) is 45.9 Å². The minimum Gasteiger partial charge on any atom is -0.379 e. The van der Waals surface area contributed by atoms with E-state index in [1.54, 1.807) is 12.1 Å². The van der Waals surface area contributed by atoms with Gasteiger partial charge in [0.15, 0.2) is 5.96 Å². The van der Waals surface area contributed by atoms with Crippen molar-refractivity contribution < 1.29 is 9.13 Å². The zero-order valence-electron chi connectivity index (χ0n) is 13.9. The molecule has 128 valence electrons. The van der Waals surface area contributed by atoms with E-state index in [-0.39, 0.29) is 5.82 Å². The van der Waals surface area contributed by atoms with Gasteiger partial charge in [-0.2, -0.15) is 0 Å². The highest BCUT2D eigenvalue weighted by atomic mass is 19.1. The smallest absolute Gasteiger partial charge is 0.191 e. The van der Waals surface area contributed by atoms with Crippen molar-refractivity contribution in [1.82, 2.24) is 15.5 Å². The summed E-state index contributed by atoms with van der Waals surface area (Å²) in [6.45, 7) is 9.10. The normalized spacial score (nSPS) is 16.3. The molecule has 1 aliphatic rings. The minimum atomic E-state index is -0.217. The van der Waals surface area contributed by atoms with Gasteiger partial charge in [0.2, 0.25) is 0 Å². The van der Waals surface area contributed by atoms with Gasteiger partial charge in [0.05, 0.1) is 19.8 Å². The first kappa shape index (κ1) is 17.7. The summed E-state index contributed by atoms with van der Waals surface area (Å²) in [5.41, 5.74) is 0.997. The Hall–Kier alpha value is -1.66. The molecular weight excluding hydrogens is 295 g/mol. The lowest BCUT2D eigenvalue weighted by Crippen LogP contribution is -2.40. The number of guanidine groups is 1. The number of nitrogens with zero attached hydrogens (tertiary/aromatic N) is 2. The van der Waals surface area contributed by atoms with E-state index in [0.29, 0.717) is 6.54 Å². The Morgan fingerprint density at radius 2 is 1.96 bits per heavy atom. The third kappa shape index (κ3) is 6.97. The monoisotopic (exact) mass is 322 g/mol. The van der Waals surface area contributed by atoms with E-state index in [2.05, 4.69) is 20.5 Å². The van der Waals surface area contributed by atoms with Crippen molar-refractivity contribution in [3.8, 4) is 0 Å². The Morgan fingerprint density at radius 3 is 2.65 bits per heavy atom. The van der Waals surface area contributed by atoms with Gasteiger partial charge in [-0.1, -0.05) is 12.1 Å². The molecule has 0 unspecified atom stereocenters. The quantitative estimate of drug-likeness (QED) is 0.455. The van der Waals surface area contributed by atoms with Crippen LogP contribution in [0.25, 0.3) is 0 Å². The average Bonchev–Trinajstić information content (AvgIpc) is 2.59. The second-order valence-corrected chi connectivity index (χ2v) is 5.56. The van der Waals surface area contributed by atoms with E-state index in [4.69, 9.17) is 4.74 Å². The number of morpholine rings is 1. The fourth-order valence-electron chi connectivity index (χ4n) is 2.44. The van der Waals surface area contributed by atoms with E-state index in [1.807, 2.05) is 6.92 Å². The standard InChI is InChI=1S/C17H27FN4O/c1-2-19-17(21-14-15-4-6-16(18)7-5-15)20-8-3-9-22-10-12-23-13-11-22/h4-7H,2-3,8-14H2,1H3,(H2,19,20,21). The summed E-state index contributed by atoms with van der Waals surface area (Å²) in [5, 5.41) is 6.58. The molecule has 0 saturated carbocycles. The van der Waals surface area contributed by atoms with Crippen LogP contribution in [0.5, 0.6) is 0 Å². The molecule has 2 N–H and O–H groups in total. The molecule has 1 aromatic rings. The van der Waals surface area contributed by atoms with Crippen LogP contribution in [-0.4, -0.2) is 56.8 Å². The minimum absolute atomic E-state index is 0.217. The number of rotatable bonds is 7. The summed E-state index contributed by atoms with van der Waals surface area (Å²) in [5.74, 6) is 0.588. The van der Waals surface area contributed by atoms with Crippen LogP contribution in [0.2, 0.25) is 0 Å². The maximum Gasteiger partial charge on any atom is 0.191 e. The van der Waals surface area contributed by atoms with Crippen LogP contribution in [0, 0.1) is 5.82 Å². The Morgan fingerprint density at radius 1 is 1.22 bits per heavy atom. The van der Waals surface area contributed by atoms with Crippen LogP contribution >= 0.6 is 0 Å². The molecule has 0 atom stereocenters. The predicted molar refractivity (Wildman–Crippen MR) is 91.1 cm³/mol. The fraction of sp³-hybridized carbons (Fsp3) is 0.588. The number of benzene rings is 1. The molecule has 6 heteroatoms. The molecule has 0 radical (unpaired) electrons. The van der Waals surface area contributed by atoms with Crippen LogP contribution in [-0.2, 0) is 11.3 Å². The van der Waals surface area contributed by atoms with E-state index < -0.39 is 0 Å². The maximum atomic E-state index is 12.9. The molecule has 0 bridgehead atoms. The Kier molecular flexibility index (Phi) is 7.83. The number of ether oxygens (including phenoxy) is 1. The van der Waals surface area contributed by atoms with Crippen molar-refractivity contribution in [3.05, 3.63) is 35.6 Å². The van der Waals surface area contributed by atoms with Crippen molar-refractivity contribution in [3.63, 3.8) is 0 Å². The lowest BCUT2D eigenvalue weighted by atomic mass is 10.2. The van der Waals surface area contributed by atoms with Crippen LogP contribution in [0.1, 0.15) is 18.9 Å². The van der Waals surface area contributed by atoms with E-state index in [0.717, 1.165) is 63.9 Å². The van der Waals surface area contributed by atoms with Gasteiger partial charge in [0, 0.05) is 26.2 Å². The fourth-order valence-corrected chi connectivity index (χ4v) is 2.44. The zero-order valence-corrected chi connectivity index (χ0v) is 13.9. The third-order valence-corrected chi connectivity index (χ3v) is 3.72. The lowest BCUT2D eigenvalue weighted by Gasteiger charge is -2.26. The average molecular weight is 322 g/mol. The lowest BCUT2D eigenvalue weighted by molar-refractivity contribution is 0.0376.